The van der Waals surface area contributed by atoms with Crippen LogP contribution in [0.15, 0.2) is 6.33 Å². The molecule has 0 bridgehead atoms. The number of aromatic nitrogens is 2. The van der Waals surface area contributed by atoms with E-state index in [4.69, 9.17) is 0 Å². The van der Waals surface area contributed by atoms with E-state index < -0.39 is 0 Å². The fourth-order valence-corrected chi connectivity index (χ4v) is 2.56. The first-order chi connectivity index (χ1) is 7.68. The van der Waals surface area contributed by atoms with E-state index in [0.29, 0.717) is 6.04 Å². The first-order valence-electron chi connectivity index (χ1n) is 6.42. The Bertz CT molecular complexity index is 341. The lowest BCUT2D eigenvalue weighted by molar-refractivity contribution is 0.417. The Labute approximate surface area is 98.3 Å². The van der Waals surface area contributed by atoms with Gasteiger partial charge in [0.25, 0.3) is 0 Å². The number of hydrogen-bond acceptors (Lipinski definition) is 2. The van der Waals surface area contributed by atoms with E-state index in [2.05, 4.69) is 35.8 Å². The first-order valence-corrected chi connectivity index (χ1v) is 6.42. The van der Waals surface area contributed by atoms with Crippen molar-refractivity contribution in [2.45, 2.75) is 45.6 Å². The summed E-state index contributed by atoms with van der Waals surface area (Å²) >= 11 is 0. The number of nitrogens with one attached hydrogen (secondary N) is 1. The van der Waals surface area contributed by atoms with Crippen LogP contribution in [0.4, 0.5) is 0 Å². The van der Waals surface area contributed by atoms with E-state index in [0.717, 1.165) is 18.9 Å². The summed E-state index contributed by atoms with van der Waals surface area (Å²) < 4.78 is 2.18. The van der Waals surface area contributed by atoms with Crippen LogP contribution in [0.2, 0.25) is 0 Å². The van der Waals surface area contributed by atoms with Gasteiger partial charge in [0.05, 0.1) is 17.7 Å². The van der Waals surface area contributed by atoms with Gasteiger partial charge in [-0.05, 0) is 12.3 Å². The molecule has 0 radical (unpaired) electrons. The van der Waals surface area contributed by atoms with Crippen molar-refractivity contribution in [3.8, 4) is 0 Å². The minimum absolute atomic E-state index is 0.523. The van der Waals surface area contributed by atoms with Crippen molar-refractivity contribution in [1.82, 2.24) is 14.9 Å². The second-order valence-corrected chi connectivity index (χ2v) is 5.27. The highest BCUT2D eigenvalue weighted by molar-refractivity contribution is 5.20. The minimum Gasteiger partial charge on any atom is -0.336 e. The van der Waals surface area contributed by atoms with Gasteiger partial charge in [-0.15, -0.1) is 0 Å². The SMILES string of the molecule is CC(C)CCCC1NCCc2ncn(C)c21. The zero-order valence-corrected chi connectivity index (χ0v) is 10.7. The number of fused-ring (bicyclic) bond motifs is 1. The number of rotatable bonds is 4. The van der Waals surface area contributed by atoms with E-state index in [9.17, 15) is 0 Å². The maximum Gasteiger partial charge on any atom is 0.0949 e. The number of aryl methyl sites for hydroxylation is 1. The van der Waals surface area contributed by atoms with Gasteiger partial charge in [-0.3, -0.25) is 0 Å². The van der Waals surface area contributed by atoms with Gasteiger partial charge in [0.2, 0.25) is 0 Å². The molecule has 0 saturated heterocycles. The topological polar surface area (TPSA) is 29.9 Å². The van der Waals surface area contributed by atoms with Crippen molar-refractivity contribution in [2.75, 3.05) is 6.54 Å². The highest BCUT2D eigenvalue weighted by atomic mass is 15.1. The molecule has 2 rings (SSSR count). The Morgan fingerprint density at radius 1 is 1.56 bits per heavy atom. The quantitative estimate of drug-likeness (QED) is 0.846. The van der Waals surface area contributed by atoms with Gasteiger partial charge >= 0.3 is 0 Å². The molecule has 1 aromatic rings. The fourth-order valence-electron chi connectivity index (χ4n) is 2.56. The molecule has 0 aliphatic carbocycles. The van der Waals surface area contributed by atoms with E-state index in [-0.39, 0.29) is 0 Å². The summed E-state index contributed by atoms with van der Waals surface area (Å²) in [6, 6.07) is 0.523. The molecule has 16 heavy (non-hydrogen) atoms. The molecule has 0 spiro atoms. The molecule has 3 heteroatoms. The summed E-state index contributed by atoms with van der Waals surface area (Å²) in [5.41, 5.74) is 2.71. The van der Waals surface area contributed by atoms with E-state index >= 15 is 0 Å². The fraction of sp³-hybridized carbons (Fsp3) is 0.769. The summed E-state index contributed by atoms with van der Waals surface area (Å²) in [5.74, 6) is 0.814. The third-order valence-electron chi connectivity index (χ3n) is 3.42. The predicted octanol–water partition coefficient (Wildman–Crippen LogP) is 2.43. The summed E-state index contributed by atoms with van der Waals surface area (Å²) in [5, 5.41) is 3.62. The lowest BCUT2D eigenvalue weighted by atomic mass is 9.97. The third kappa shape index (κ3) is 2.46. The first kappa shape index (κ1) is 11.6. The molecule has 90 valence electrons. The highest BCUT2D eigenvalue weighted by Crippen LogP contribution is 2.26. The molecule has 0 aromatic carbocycles. The van der Waals surface area contributed by atoms with Gasteiger partial charge < -0.3 is 9.88 Å². The third-order valence-corrected chi connectivity index (χ3v) is 3.42. The van der Waals surface area contributed by atoms with Crippen LogP contribution in [0.3, 0.4) is 0 Å². The van der Waals surface area contributed by atoms with Crippen LogP contribution in [0, 0.1) is 5.92 Å². The number of hydrogen-bond donors (Lipinski definition) is 1. The van der Waals surface area contributed by atoms with Crippen LogP contribution in [0.25, 0.3) is 0 Å². The Kier molecular flexibility index (Phi) is 3.64. The molecule has 1 aliphatic heterocycles. The van der Waals surface area contributed by atoms with Crippen molar-refractivity contribution in [3.05, 3.63) is 17.7 Å². The lowest BCUT2D eigenvalue weighted by Crippen LogP contribution is -2.31. The van der Waals surface area contributed by atoms with Gasteiger partial charge in [-0.1, -0.05) is 26.7 Å². The van der Waals surface area contributed by atoms with Crippen LogP contribution >= 0.6 is 0 Å². The van der Waals surface area contributed by atoms with Gasteiger partial charge in [0.1, 0.15) is 0 Å². The predicted molar refractivity (Wildman–Crippen MR) is 66.3 cm³/mol. The standard InChI is InChI=1S/C13H23N3/c1-10(2)5-4-6-11-13-12(7-8-14-11)15-9-16(13)3/h9-11,14H,4-8H2,1-3H3. The van der Waals surface area contributed by atoms with Gasteiger partial charge in [0, 0.05) is 26.1 Å². The highest BCUT2D eigenvalue weighted by Gasteiger charge is 2.23. The zero-order chi connectivity index (χ0) is 11.5. The van der Waals surface area contributed by atoms with Crippen molar-refractivity contribution in [3.63, 3.8) is 0 Å². The molecule has 1 atom stereocenters. The van der Waals surface area contributed by atoms with Gasteiger partial charge in [-0.25, -0.2) is 4.98 Å². The number of imidazole rings is 1. The molecule has 0 fully saturated rings. The normalized spacial score (nSPS) is 20.1. The van der Waals surface area contributed by atoms with Crippen LogP contribution in [0.5, 0.6) is 0 Å². The molecule has 0 saturated carbocycles. The second-order valence-electron chi connectivity index (χ2n) is 5.27. The second kappa shape index (κ2) is 5.00. The van der Waals surface area contributed by atoms with Gasteiger partial charge in [-0.2, -0.15) is 0 Å². The smallest absolute Gasteiger partial charge is 0.0949 e. The molecular weight excluding hydrogens is 198 g/mol. The van der Waals surface area contributed by atoms with Crippen LogP contribution in [-0.4, -0.2) is 16.1 Å². The zero-order valence-electron chi connectivity index (χ0n) is 10.7. The van der Waals surface area contributed by atoms with E-state index in [1.807, 2.05) is 6.33 Å². The monoisotopic (exact) mass is 221 g/mol. The minimum atomic E-state index is 0.523. The Hall–Kier alpha value is -0.830. The Balaban J connectivity index is 1.98. The average Bonchev–Trinajstić information content (AvgIpc) is 2.61. The van der Waals surface area contributed by atoms with Crippen LogP contribution < -0.4 is 5.32 Å². The molecule has 1 N–H and O–H groups in total. The largest absolute Gasteiger partial charge is 0.336 e. The molecule has 0 amide bonds. The Morgan fingerprint density at radius 2 is 2.38 bits per heavy atom. The molecule has 2 heterocycles. The van der Waals surface area contributed by atoms with Crippen LogP contribution in [0.1, 0.15) is 50.5 Å². The average molecular weight is 221 g/mol. The summed E-state index contributed by atoms with van der Waals surface area (Å²) in [6.45, 7) is 5.67. The maximum atomic E-state index is 4.47. The Morgan fingerprint density at radius 3 is 3.12 bits per heavy atom. The summed E-state index contributed by atoms with van der Waals surface area (Å²) in [7, 11) is 2.11. The lowest BCUT2D eigenvalue weighted by Gasteiger charge is -2.25. The van der Waals surface area contributed by atoms with E-state index in [1.54, 1.807) is 0 Å². The molecule has 3 nitrogen and oxygen atoms in total. The molecule has 1 aromatic heterocycles. The molecule has 1 unspecified atom stereocenters. The van der Waals surface area contributed by atoms with Crippen molar-refractivity contribution < 1.29 is 0 Å². The summed E-state index contributed by atoms with van der Waals surface area (Å²) in [6.07, 6.45) is 6.90. The molecular formula is C13H23N3. The maximum absolute atomic E-state index is 4.47. The van der Waals surface area contributed by atoms with E-state index in [1.165, 1.54) is 30.7 Å². The van der Waals surface area contributed by atoms with Crippen LogP contribution in [-0.2, 0) is 13.5 Å². The van der Waals surface area contributed by atoms with Crippen molar-refractivity contribution in [1.29, 1.82) is 0 Å². The number of nitrogens with zero attached hydrogens (tertiary/aromatic N) is 2. The van der Waals surface area contributed by atoms with Gasteiger partial charge in [0.15, 0.2) is 0 Å². The van der Waals surface area contributed by atoms with Crippen molar-refractivity contribution in [2.24, 2.45) is 13.0 Å². The van der Waals surface area contributed by atoms with Crippen molar-refractivity contribution >= 4 is 0 Å². The summed E-state index contributed by atoms with van der Waals surface area (Å²) in [4.78, 5) is 4.47. The molecule has 1 aliphatic rings.